The summed E-state index contributed by atoms with van der Waals surface area (Å²) in [6.45, 7) is 2.96. The standard InChI is InChI=1S/C20H21FN2O3/c21-18-4-2-1-3-16(18)13-20(25)22-14-19(24)15-5-7-17(8-6-15)23-9-11-26-12-10-23/h1-8H,9-14H2,(H,22,25). The molecule has 136 valence electrons. The van der Waals surface area contributed by atoms with Crippen LogP contribution in [0.5, 0.6) is 0 Å². The van der Waals surface area contributed by atoms with Crippen molar-refractivity contribution in [3.05, 3.63) is 65.5 Å². The first-order chi connectivity index (χ1) is 12.6. The number of benzene rings is 2. The van der Waals surface area contributed by atoms with E-state index in [-0.39, 0.29) is 24.7 Å². The summed E-state index contributed by atoms with van der Waals surface area (Å²) in [5.41, 5.74) is 1.90. The van der Waals surface area contributed by atoms with Crippen LogP contribution in [0.25, 0.3) is 0 Å². The number of ether oxygens (including phenoxy) is 1. The average Bonchev–Trinajstić information content (AvgIpc) is 2.69. The summed E-state index contributed by atoms with van der Waals surface area (Å²) in [6, 6.07) is 13.4. The smallest absolute Gasteiger partial charge is 0.224 e. The Kier molecular flexibility index (Phi) is 5.96. The van der Waals surface area contributed by atoms with Gasteiger partial charge in [0.2, 0.25) is 5.91 Å². The molecule has 1 aliphatic rings. The summed E-state index contributed by atoms with van der Waals surface area (Å²) in [4.78, 5) is 26.3. The molecule has 1 amide bonds. The van der Waals surface area contributed by atoms with E-state index in [9.17, 15) is 14.0 Å². The van der Waals surface area contributed by atoms with Crippen LogP contribution in [0.4, 0.5) is 10.1 Å². The lowest BCUT2D eigenvalue weighted by atomic mass is 10.1. The lowest BCUT2D eigenvalue weighted by Crippen LogP contribution is -2.36. The number of anilines is 1. The van der Waals surface area contributed by atoms with Gasteiger partial charge in [0.15, 0.2) is 5.78 Å². The van der Waals surface area contributed by atoms with Gasteiger partial charge in [-0.05, 0) is 35.9 Å². The zero-order valence-electron chi connectivity index (χ0n) is 14.4. The van der Waals surface area contributed by atoms with Crippen LogP contribution in [0.2, 0.25) is 0 Å². The van der Waals surface area contributed by atoms with E-state index in [0.29, 0.717) is 24.3 Å². The highest BCUT2D eigenvalue weighted by atomic mass is 19.1. The van der Waals surface area contributed by atoms with Crippen LogP contribution in [0.15, 0.2) is 48.5 Å². The molecule has 0 radical (unpaired) electrons. The molecule has 0 saturated carbocycles. The molecule has 6 heteroatoms. The molecule has 0 bridgehead atoms. The molecule has 1 N–H and O–H groups in total. The van der Waals surface area contributed by atoms with Gasteiger partial charge in [0, 0.05) is 24.3 Å². The fourth-order valence-corrected chi connectivity index (χ4v) is 2.84. The molecule has 3 rings (SSSR count). The maximum absolute atomic E-state index is 13.5. The molecule has 0 atom stereocenters. The van der Waals surface area contributed by atoms with Crippen molar-refractivity contribution in [2.75, 3.05) is 37.7 Å². The maximum atomic E-state index is 13.5. The van der Waals surface area contributed by atoms with Crippen molar-refractivity contribution in [2.45, 2.75) is 6.42 Å². The zero-order valence-corrected chi connectivity index (χ0v) is 14.4. The number of nitrogens with zero attached hydrogens (tertiary/aromatic N) is 1. The number of Topliss-reactive ketones (excluding diaryl/α,β-unsaturated/α-hetero) is 1. The van der Waals surface area contributed by atoms with Crippen LogP contribution < -0.4 is 10.2 Å². The lowest BCUT2D eigenvalue weighted by molar-refractivity contribution is -0.120. The Balaban J connectivity index is 1.51. The van der Waals surface area contributed by atoms with Crippen LogP contribution in [0.1, 0.15) is 15.9 Å². The van der Waals surface area contributed by atoms with Crippen LogP contribution in [-0.4, -0.2) is 44.5 Å². The Morgan fingerprint density at radius 2 is 1.73 bits per heavy atom. The predicted molar refractivity (Wildman–Crippen MR) is 96.9 cm³/mol. The number of morpholine rings is 1. The lowest BCUT2D eigenvalue weighted by Gasteiger charge is -2.28. The number of rotatable bonds is 6. The molecule has 0 unspecified atom stereocenters. The fourth-order valence-electron chi connectivity index (χ4n) is 2.84. The summed E-state index contributed by atoms with van der Waals surface area (Å²) in [5.74, 6) is -0.985. The highest BCUT2D eigenvalue weighted by Gasteiger charge is 2.13. The van der Waals surface area contributed by atoms with Gasteiger partial charge in [-0.3, -0.25) is 9.59 Å². The normalized spacial score (nSPS) is 14.1. The summed E-state index contributed by atoms with van der Waals surface area (Å²) in [5, 5.41) is 2.55. The second-order valence-electron chi connectivity index (χ2n) is 6.11. The van der Waals surface area contributed by atoms with Crippen molar-refractivity contribution in [1.29, 1.82) is 0 Å². The summed E-state index contributed by atoms with van der Waals surface area (Å²) in [6.07, 6.45) is -0.0874. The van der Waals surface area contributed by atoms with E-state index in [2.05, 4.69) is 10.2 Å². The molecule has 1 aliphatic heterocycles. The zero-order chi connectivity index (χ0) is 18.4. The SMILES string of the molecule is O=C(Cc1ccccc1F)NCC(=O)c1ccc(N2CCOCC2)cc1. The Hall–Kier alpha value is -2.73. The van der Waals surface area contributed by atoms with Gasteiger partial charge < -0.3 is 15.0 Å². The van der Waals surface area contributed by atoms with Crippen molar-refractivity contribution in [3.8, 4) is 0 Å². The molecular formula is C20H21FN2O3. The third-order valence-corrected chi connectivity index (χ3v) is 4.32. The Labute approximate surface area is 151 Å². The summed E-state index contributed by atoms with van der Waals surface area (Å²) in [7, 11) is 0. The molecule has 5 nitrogen and oxygen atoms in total. The molecule has 1 fully saturated rings. The summed E-state index contributed by atoms with van der Waals surface area (Å²) >= 11 is 0. The number of ketones is 1. The van der Waals surface area contributed by atoms with Crippen molar-refractivity contribution in [3.63, 3.8) is 0 Å². The maximum Gasteiger partial charge on any atom is 0.224 e. The Morgan fingerprint density at radius 1 is 1.04 bits per heavy atom. The minimum Gasteiger partial charge on any atom is -0.378 e. The molecule has 0 spiro atoms. The monoisotopic (exact) mass is 356 g/mol. The van der Waals surface area contributed by atoms with Crippen molar-refractivity contribution in [1.82, 2.24) is 5.32 Å². The van der Waals surface area contributed by atoms with Gasteiger partial charge in [0.25, 0.3) is 0 Å². The van der Waals surface area contributed by atoms with Gasteiger partial charge in [-0.1, -0.05) is 18.2 Å². The number of halogens is 1. The van der Waals surface area contributed by atoms with E-state index >= 15 is 0 Å². The van der Waals surface area contributed by atoms with Gasteiger partial charge in [0.1, 0.15) is 5.82 Å². The van der Waals surface area contributed by atoms with E-state index in [0.717, 1.165) is 18.8 Å². The highest BCUT2D eigenvalue weighted by Crippen LogP contribution is 2.17. The first kappa shape index (κ1) is 18.1. The minimum absolute atomic E-state index is 0.0874. The van der Waals surface area contributed by atoms with Crippen LogP contribution in [-0.2, 0) is 16.0 Å². The Morgan fingerprint density at radius 3 is 2.42 bits per heavy atom. The van der Waals surface area contributed by atoms with Crippen molar-refractivity contribution < 1.29 is 18.7 Å². The van der Waals surface area contributed by atoms with Gasteiger partial charge >= 0.3 is 0 Å². The molecule has 1 saturated heterocycles. The third-order valence-electron chi connectivity index (χ3n) is 4.32. The second-order valence-corrected chi connectivity index (χ2v) is 6.11. The molecule has 2 aromatic carbocycles. The number of carbonyl (C=O) groups excluding carboxylic acids is 2. The highest BCUT2D eigenvalue weighted by molar-refractivity contribution is 5.99. The number of hydrogen-bond donors (Lipinski definition) is 1. The Bertz CT molecular complexity index is 771. The van der Waals surface area contributed by atoms with Crippen molar-refractivity contribution >= 4 is 17.4 Å². The molecule has 0 aromatic heterocycles. The topological polar surface area (TPSA) is 58.6 Å². The minimum atomic E-state index is -0.423. The number of hydrogen-bond acceptors (Lipinski definition) is 4. The number of carbonyl (C=O) groups is 2. The number of amides is 1. The van der Waals surface area contributed by atoms with Crippen LogP contribution >= 0.6 is 0 Å². The third kappa shape index (κ3) is 4.67. The van der Waals surface area contributed by atoms with Crippen LogP contribution in [0, 0.1) is 5.82 Å². The molecule has 26 heavy (non-hydrogen) atoms. The first-order valence-corrected chi connectivity index (χ1v) is 8.59. The largest absolute Gasteiger partial charge is 0.378 e. The van der Waals surface area contributed by atoms with Crippen molar-refractivity contribution in [2.24, 2.45) is 0 Å². The van der Waals surface area contributed by atoms with E-state index in [4.69, 9.17) is 4.74 Å². The fraction of sp³-hybridized carbons (Fsp3) is 0.300. The van der Waals surface area contributed by atoms with Gasteiger partial charge in [-0.15, -0.1) is 0 Å². The molecule has 1 heterocycles. The van der Waals surface area contributed by atoms with E-state index < -0.39 is 5.82 Å². The van der Waals surface area contributed by atoms with E-state index in [1.165, 1.54) is 6.07 Å². The second kappa shape index (κ2) is 8.58. The van der Waals surface area contributed by atoms with Gasteiger partial charge in [0.05, 0.1) is 26.2 Å². The summed E-state index contributed by atoms with van der Waals surface area (Å²) < 4.78 is 18.9. The van der Waals surface area contributed by atoms with Crippen LogP contribution in [0.3, 0.4) is 0 Å². The first-order valence-electron chi connectivity index (χ1n) is 8.59. The van der Waals surface area contributed by atoms with E-state index in [1.807, 2.05) is 12.1 Å². The predicted octanol–water partition coefficient (Wildman–Crippen LogP) is 2.20. The van der Waals surface area contributed by atoms with Gasteiger partial charge in [-0.25, -0.2) is 4.39 Å². The quantitative estimate of drug-likeness (QED) is 0.807. The molecule has 0 aliphatic carbocycles. The number of nitrogens with one attached hydrogen (secondary N) is 1. The average molecular weight is 356 g/mol. The van der Waals surface area contributed by atoms with E-state index in [1.54, 1.807) is 30.3 Å². The van der Waals surface area contributed by atoms with Gasteiger partial charge in [-0.2, -0.15) is 0 Å². The molecular weight excluding hydrogens is 335 g/mol. The molecule has 2 aromatic rings.